The van der Waals surface area contributed by atoms with Crippen LogP contribution in [-0.4, -0.2) is 23.0 Å². The fourth-order valence-electron chi connectivity index (χ4n) is 2.30. The number of benzene rings is 2. The molecule has 0 aliphatic heterocycles. The Labute approximate surface area is 164 Å². The van der Waals surface area contributed by atoms with Gasteiger partial charge in [0.2, 0.25) is 0 Å². The van der Waals surface area contributed by atoms with Gasteiger partial charge >= 0.3 is 6.03 Å². The number of carbonyl (C=O) groups excluding carboxylic acids is 1. The molecule has 0 atom stereocenters. The molecule has 0 saturated heterocycles. The van der Waals surface area contributed by atoms with Crippen molar-refractivity contribution >= 4 is 39.0 Å². The zero-order valence-electron chi connectivity index (χ0n) is 14.2. The van der Waals surface area contributed by atoms with Gasteiger partial charge in [-0.25, -0.2) is 9.78 Å². The highest BCUT2D eigenvalue weighted by Gasteiger charge is 2.11. The number of thiazole rings is 1. The lowest BCUT2D eigenvalue weighted by atomic mass is 10.2. The number of halogens is 1. The minimum atomic E-state index is -0.183. The van der Waals surface area contributed by atoms with Crippen molar-refractivity contribution in [3.05, 3.63) is 75.2 Å². The van der Waals surface area contributed by atoms with Gasteiger partial charge in [0.15, 0.2) is 0 Å². The Morgan fingerprint density at radius 2 is 2.12 bits per heavy atom. The van der Waals surface area contributed by atoms with E-state index in [0.29, 0.717) is 24.6 Å². The number of amides is 2. The second-order valence-corrected chi connectivity index (χ2v) is 7.25. The predicted octanol–water partition coefficient (Wildman–Crippen LogP) is 5.15. The Hall–Kier alpha value is -2.38. The zero-order valence-corrected chi connectivity index (χ0v) is 16.6. The van der Waals surface area contributed by atoms with Crippen LogP contribution in [0.1, 0.15) is 11.3 Å². The van der Waals surface area contributed by atoms with Crippen molar-refractivity contribution in [1.29, 1.82) is 0 Å². The van der Waals surface area contributed by atoms with Gasteiger partial charge in [-0.2, -0.15) is 0 Å². The van der Waals surface area contributed by atoms with Gasteiger partial charge in [0.25, 0.3) is 0 Å². The van der Waals surface area contributed by atoms with Crippen LogP contribution < -0.4 is 10.1 Å². The highest BCUT2D eigenvalue weighted by Crippen LogP contribution is 2.20. The highest BCUT2D eigenvalue weighted by atomic mass is 79.9. The first-order valence-corrected chi connectivity index (χ1v) is 9.71. The average Bonchev–Trinajstić information content (AvgIpc) is 3.16. The number of hydrogen-bond acceptors (Lipinski definition) is 4. The molecule has 0 bridgehead atoms. The van der Waals surface area contributed by atoms with Crippen molar-refractivity contribution in [2.75, 3.05) is 12.4 Å². The average molecular weight is 432 g/mol. The molecule has 1 N–H and O–H groups in total. The Balaban J connectivity index is 1.58. The Kier molecular flexibility index (Phi) is 6.25. The molecular weight excluding hydrogens is 414 g/mol. The molecule has 0 fully saturated rings. The minimum absolute atomic E-state index is 0.183. The molecule has 5 nitrogen and oxygen atoms in total. The maximum atomic E-state index is 12.4. The van der Waals surface area contributed by atoms with E-state index in [4.69, 9.17) is 4.74 Å². The maximum absolute atomic E-state index is 12.4. The fraction of sp³-hybridized carbons (Fsp3) is 0.158. The van der Waals surface area contributed by atoms with E-state index in [1.165, 1.54) is 11.3 Å². The van der Waals surface area contributed by atoms with Crippen molar-refractivity contribution < 1.29 is 9.53 Å². The minimum Gasteiger partial charge on any atom is -0.487 e. The SMILES string of the molecule is CN(Cc1ccccc1Br)C(=O)Nc1cccc(OCc2cscn2)c1. The number of aromatic nitrogens is 1. The molecule has 2 amide bonds. The van der Waals surface area contributed by atoms with Crippen LogP contribution in [0.2, 0.25) is 0 Å². The van der Waals surface area contributed by atoms with Gasteiger partial charge in [-0.05, 0) is 23.8 Å². The molecule has 0 unspecified atom stereocenters. The van der Waals surface area contributed by atoms with Gasteiger partial charge in [-0.1, -0.05) is 40.2 Å². The number of rotatable bonds is 6. The molecule has 2 aromatic carbocycles. The van der Waals surface area contributed by atoms with Crippen LogP contribution in [0.25, 0.3) is 0 Å². The first-order valence-electron chi connectivity index (χ1n) is 7.97. The molecule has 0 spiro atoms. The lowest BCUT2D eigenvalue weighted by Gasteiger charge is -2.19. The lowest BCUT2D eigenvalue weighted by Crippen LogP contribution is -2.30. The van der Waals surface area contributed by atoms with Crippen LogP contribution in [0.3, 0.4) is 0 Å². The third kappa shape index (κ3) is 5.06. The molecule has 1 aromatic heterocycles. The van der Waals surface area contributed by atoms with E-state index in [-0.39, 0.29) is 6.03 Å². The van der Waals surface area contributed by atoms with Crippen LogP contribution in [0.5, 0.6) is 5.75 Å². The molecule has 7 heteroatoms. The van der Waals surface area contributed by atoms with E-state index in [9.17, 15) is 4.79 Å². The molecular formula is C19H18BrN3O2S. The van der Waals surface area contributed by atoms with E-state index in [0.717, 1.165) is 15.7 Å². The van der Waals surface area contributed by atoms with Crippen LogP contribution in [-0.2, 0) is 13.2 Å². The third-order valence-corrected chi connectivity index (χ3v) is 5.08. The molecule has 0 aliphatic rings. The lowest BCUT2D eigenvalue weighted by molar-refractivity contribution is 0.220. The van der Waals surface area contributed by atoms with Crippen LogP contribution >= 0.6 is 27.3 Å². The van der Waals surface area contributed by atoms with Gasteiger partial charge in [-0.3, -0.25) is 0 Å². The molecule has 0 saturated carbocycles. The summed E-state index contributed by atoms with van der Waals surface area (Å²) in [6, 6.07) is 15.0. The summed E-state index contributed by atoms with van der Waals surface area (Å²) >= 11 is 5.04. The number of anilines is 1. The summed E-state index contributed by atoms with van der Waals surface area (Å²) < 4.78 is 6.70. The van der Waals surface area contributed by atoms with Crippen molar-refractivity contribution in [1.82, 2.24) is 9.88 Å². The van der Waals surface area contributed by atoms with Gasteiger partial charge in [0.05, 0.1) is 11.2 Å². The van der Waals surface area contributed by atoms with Gasteiger partial charge in [0.1, 0.15) is 12.4 Å². The third-order valence-electron chi connectivity index (χ3n) is 3.67. The summed E-state index contributed by atoms with van der Waals surface area (Å²) in [6.07, 6.45) is 0. The van der Waals surface area contributed by atoms with E-state index in [1.807, 2.05) is 47.8 Å². The maximum Gasteiger partial charge on any atom is 0.321 e. The normalized spacial score (nSPS) is 10.4. The first kappa shape index (κ1) is 18.4. The summed E-state index contributed by atoms with van der Waals surface area (Å²) in [4.78, 5) is 18.2. The number of nitrogens with one attached hydrogen (secondary N) is 1. The number of carbonyl (C=O) groups is 1. The van der Waals surface area contributed by atoms with Gasteiger partial charge < -0.3 is 15.0 Å². The quantitative estimate of drug-likeness (QED) is 0.586. The van der Waals surface area contributed by atoms with Crippen molar-refractivity contribution in [2.45, 2.75) is 13.2 Å². The summed E-state index contributed by atoms with van der Waals surface area (Å²) in [7, 11) is 1.76. The smallest absolute Gasteiger partial charge is 0.321 e. The fourth-order valence-corrected chi connectivity index (χ4v) is 3.26. The standard InChI is InChI=1S/C19H18BrN3O2S/c1-23(10-14-5-2-3-8-18(14)20)19(24)22-15-6-4-7-17(9-15)25-11-16-12-26-13-21-16/h2-9,12-13H,10-11H2,1H3,(H,22,24). The van der Waals surface area contributed by atoms with Gasteiger partial charge in [-0.15, -0.1) is 11.3 Å². The van der Waals surface area contributed by atoms with E-state index >= 15 is 0 Å². The molecule has 0 aliphatic carbocycles. The van der Waals surface area contributed by atoms with E-state index in [2.05, 4.69) is 26.2 Å². The topological polar surface area (TPSA) is 54.5 Å². The number of nitrogens with zero attached hydrogens (tertiary/aromatic N) is 2. The Morgan fingerprint density at radius 3 is 2.88 bits per heavy atom. The second-order valence-electron chi connectivity index (χ2n) is 5.67. The summed E-state index contributed by atoms with van der Waals surface area (Å²) in [5, 5.41) is 4.84. The van der Waals surface area contributed by atoms with Gasteiger partial charge in [0, 0.05) is 35.2 Å². The monoisotopic (exact) mass is 431 g/mol. The predicted molar refractivity (Wildman–Crippen MR) is 108 cm³/mol. The number of urea groups is 1. The van der Waals surface area contributed by atoms with Crippen molar-refractivity contribution in [3.63, 3.8) is 0 Å². The molecule has 134 valence electrons. The summed E-state index contributed by atoms with van der Waals surface area (Å²) in [5.41, 5.74) is 4.39. The largest absolute Gasteiger partial charge is 0.487 e. The molecule has 3 aromatic rings. The first-order chi connectivity index (χ1) is 12.6. The molecule has 26 heavy (non-hydrogen) atoms. The van der Waals surface area contributed by atoms with Crippen LogP contribution in [0, 0.1) is 0 Å². The Morgan fingerprint density at radius 1 is 1.27 bits per heavy atom. The second kappa shape index (κ2) is 8.82. The highest BCUT2D eigenvalue weighted by molar-refractivity contribution is 9.10. The van der Waals surface area contributed by atoms with E-state index < -0.39 is 0 Å². The Bertz CT molecular complexity index is 871. The van der Waals surface area contributed by atoms with Crippen LogP contribution in [0.4, 0.5) is 10.5 Å². The summed E-state index contributed by atoms with van der Waals surface area (Å²) in [5.74, 6) is 0.684. The molecule has 3 rings (SSSR count). The van der Waals surface area contributed by atoms with E-state index in [1.54, 1.807) is 23.5 Å². The summed E-state index contributed by atoms with van der Waals surface area (Å²) in [6.45, 7) is 0.913. The number of ether oxygens (including phenoxy) is 1. The van der Waals surface area contributed by atoms with Crippen molar-refractivity contribution in [2.24, 2.45) is 0 Å². The molecule has 1 heterocycles. The van der Waals surface area contributed by atoms with Crippen molar-refractivity contribution in [3.8, 4) is 5.75 Å². The number of hydrogen-bond donors (Lipinski definition) is 1. The zero-order chi connectivity index (χ0) is 18.4. The van der Waals surface area contributed by atoms with Crippen LogP contribution in [0.15, 0.2) is 63.9 Å². The molecule has 0 radical (unpaired) electrons.